The standard InChI is InChI=1S/C16H31NO4/c1-3-5-10-20-11-12-21-14-7-6-8-16(13-14,15(18)19)17-9-4-2/h14,17H,3-13H2,1-2H3,(H,18,19). The quantitative estimate of drug-likeness (QED) is 0.574. The summed E-state index contributed by atoms with van der Waals surface area (Å²) in [4.78, 5) is 11.6. The van der Waals surface area contributed by atoms with Crippen LogP contribution in [0.25, 0.3) is 0 Å². The Morgan fingerprint density at radius 1 is 1.29 bits per heavy atom. The summed E-state index contributed by atoms with van der Waals surface area (Å²) in [5.41, 5.74) is -0.804. The van der Waals surface area contributed by atoms with Gasteiger partial charge in [-0.05, 0) is 38.6 Å². The average Bonchev–Trinajstić information content (AvgIpc) is 2.49. The molecule has 1 aliphatic rings. The van der Waals surface area contributed by atoms with Crippen LogP contribution in [0.3, 0.4) is 0 Å². The first-order valence-electron chi connectivity index (χ1n) is 8.32. The Morgan fingerprint density at radius 3 is 2.76 bits per heavy atom. The van der Waals surface area contributed by atoms with Crippen LogP contribution >= 0.6 is 0 Å². The molecule has 1 saturated carbocycles. The predicted molar refractivity (Wildman–Crippen MR) is 82.6 cm³/mol. The van der Waals surface area contributed by atoms with Crippen molar-refractivity contribution in [3.63, 3.8) is 0 Å². The number of hydrogen-bond donors (Lipinski definition) is 2. The van der Waals surface area contributed by atoms with E-state index >= 15 is 0 Å². The first-order chi connectivity index (χ1) is 10.1. The molecular weight excluding hydrogens is 270 g/mol. The predicted octanol–water partition coefficient (Wildman–Crippen LogP) is 2.59. The Hall–Kier alpha value is -0.650. The third kappa shape index (κ3) is 6.32. The normalized spacial score (nSPS) is 25.9. The Labute approximate surface area is 128 Å². The summed E-state index contributed by atoms with van der Waals surface area (Å²) in [6, 6.07) is 0. The summed E-state index contributed by atoms with van der Waals surface area (Å²) in [7, 11) is 0. The smallest absolute Gasteiger partial charge is 0.323 e. The molecule has 2 N–H and O–H groups in total. The zero-order valence-electron chi connectivity index (χ0n) is 13.5. The van der Waals surface area contributed by atoms with Crippen LogP contribution in [-0.4, -0.2) is 49.1 Å². The van der Waals surface area contributed by atoms with Gasteiger partial charge in [0.15, 0.2) is 0 Å². The van der Waals surface area contributed by atoms with E-state index in [1.54, 1.807) is 0 Å². The number of carbonyl (C=O) groups is 1. The fourth-order valence-corrected chi connectivity index (χ4v) is 2.78. The van der Waals surface area contributed by atoms with Crippen LogP contribution in [0.4, 0.5) is 0 Å². The summed E-state index contributed by atoms with van der Waals surface area (Å²) in [6.45, 7) is 6.85. The molecule has 0 radical (unpaired) electrons. The summed E-state index contributed by atoms with van der Waals surface area (Å²) in [5.74, 6) is -0.747. The number of carboxylic acids is 1. The van der Waals surface area contributed by atoms with Gasteiger partial charge in [-0.15, -0.1) is 0 Å². The van der Waals surface area contributed by atoms with Crippen molar-refractivity contribution in [1.82, 2.24) is 5.32 Å². The topological polar surface area (TPSA) is 67.8 Å². The van der Waals surface area contributed by atoms with Crippen LogP contribution < -0.4 is 5.32 Å². The Bertz CT molecular complexity index is 298. The maximum Gasteiger partial charge on any atom is 0.323 e. The maximum atomic E-state index is 11.6. The number of carboxylic acid groups (broad SMARTS) is 1. The number of ether oxygens (including phenoxy) is 2. The van der Waals surface area contributed by atoms with Gasteiger partial charge in [0.2, 0.25) is 0 Å². The van der Waals surface area contributed by atoms with Gasteiger partial charge in [-0.1, -0.05) is 20.3 Å². The molecule has 0 saturated heterocycles. The number of rotatable bonds is 11. The zero-order valence-corrected chi connectivity index (χ0v) is 13.5. The third-order valence-corrected chi connectivity index (χ3v) is 4.05. The van der Waals surface area contributed by atoms with Gasteiger partial charge in [0.1, 0.15) is 5.54 Å². The van der Waals surface area contributed by atoms with Crippen LogP contribution in [-0.2, 0) is 14.3 Å². The van der Waals surface area contributed by atoms with Gasteiger partial charge in [-0.3, -0.25) is 4.79 Å². The molecule has 21 heavy (non-hydrogen) atoms. The molecule has 1 rings (SSSR count). The summed E-state index contributed by atoms with van der Waals surface area (Å²) >= 11 is 0. The van der Waals surface area contributed by atoms with Crippen LogP contribution in [0.2, 0.25) is 0 Å². The Balaban J connectivity index is 2.34. The highest BCUT2D eigenvalue weighted by atomic mass is 16.5. The van der Waals surface area contributed by atoms with Gasteiger partial charge in [0.05, 0.1) is 19.3 Å². The van der Waals surface area contributed by atoms with E-state index in [2.05, 4.69) is 12.2 Å². The van der Waals surface area contributed by atoms with Crippen LogP contribution in [0.15, 0.2) is 0 Å². The lowest BCUT2D eigenvalue weighted by Gasteiger charge is -2.38. The molecule has 2 unspecified atom stereocenters. The second-order valence-electron chi connectivity index (χ2n) is 5.87. The summed E-state index contributed by atoms with van der Waals surface area (Å²) in [5, 5.41) is 12.8. The molecule has 0 aromatic carbocycles. The van der Waals surface area contributed by atoms with Gasteiger partial charge in [-0.25, -0.2) is 0 Å². The molecular formula is C16H31NO4. The molecule has 5 nitrogen and oxygen atoms in total. The van der Waals surface area contributed by atoms with Gasteiger partial charge in [0.25, 0.3) is 0 Å². The highest BCUT2D eigenvalue weighted by molar-refractivity contribution is 5.79. The molecule has 0 aromatic rings. The van der Waals surface area contributed by atoms with Crippen LogP contribution in [0.5, 0.6) is 0 Å². The first kappa shape index (κ1) is 18.4. The van der Waals surface area contributed by atoms with Gasteiger partial charge < -0.3 is 19.9 Å². The van der Waals surface area contributed by atoms with Crippen molar-refractivity contribution < 1.29 is 19.4 Å². The van der Waals surface area contributed by atoms with E-state index in [1.807, 2.05) is 6.92 Å². The van der Waals surface area contributed by atoms with Crippen molar-refractivity contribution in [2.45, 2.75) is 70.4 Å². The summed E-state index contributed by atoms with van der Waals surface area (Å²) < 4.78 is 11.3. The maximum absolute atomic E-state index is 11.6. The van der Waals surface area contributed by atoms with Crippen molar-refractivity contribution in [2.75, 3.05) is 26.4 Å². The zero-order chi connectivity index (χ0) is 15.6. The number of unbranched alkanes of at least 4 members (excludes halogenated alkanes) is 1. The molecule has 0 bridgehead atoms. The van der Waals surface area contributed by atoms with Crippen LogP contribution in [0, 0.1) is 0 Å². The molecule has 5 heteroatoms. The monoisotopic (exact) mass is 301 g/mol. The summed E-state index contributed by atoms with van der Waals surface area (Å²) in [6.07, 6.45) is 6.25. The van der Waals surface area contributed by atoms with Gasteiger partial charge >= 0.3 is 5.97 Å². The van der Waals surface area contributed by atoms with Crippen molar-refractivity contribution in [3.05, 3.63) is 0 Å². The van der Waals surface area contributed by atoms with E-state index in [0.29, 0.717) is 26.1 Å². The van der Waals surface area contributed by atoms with Crippen molar-refractivity contribution in [3.8, 4) is 0 Å². The van der Waals surface area contributed by atoms with Crippen LogP contribution in [0.1, 0.15) is 58.8 Å². The molecule has 0 spiro atoms. The minimum atomic E-state index is -0.804. The van der Waals surface area contributed by atoms with Gasteiger partial charge in [0, 0.05) is 13.0 Å². The lowest BCUT2D eigenvalue weighted by Crippen LogP contribution is -2.56. The number of nitrogens with one attached hydrogen (secondary N) is 1. The molecule has 124 valence electrons. The molecule has 2 atom stereocenters. The SMILES string of the molecule is CCCCOCCOC1CCCC(NCCC)(C(=O)O)C1. The minimum absolute atomic E-state index is 0.0222. The van der Waals surface area contributed by atoms with E-state index in [1.165, 1.54) is 0 Å². The fraction of sp³-hybridized carbons (Fsp3) is 0.938. The third-order valence-electron chi connectivity index (χ3n) is 4.05. The Morgan fingerprint density at radius 2 is 2.10 bits per heavy atom. The Kier molecular flexibility index (Phi) is 8.88. The number of hydrogen-bond acceptors (Lipinski definition) is 4. The first-order valence-corrected chi connectivity index (χ1v) is 8.32. The van der Waals surface area contributed by atoms with Crippen molar-refractivity contribution in [2.24, 2.45) is 0 Å². The second kappa shape index (κ2) is 10.1. The van der Waals surface area contributed by atoms with Gasteiger partial charge in [-0.2, -0.15) is 0 Å². The largest absolute Gasteiger partial charge is 0.480 e. The highest BCUT2D eigenvalue weighted by Crippen LogP contribution is 2.30. The second-order valence-corrected chi connectivity index (χ2v) is 5.87. The fourth-order valence-electron chi connectivity index (χ4n) is 2.78. The van der Waals surface area contributed by atoms with Crippen molar-refractivity contribution >= 4 is 5.97 Å². The van der Waals surface area contributed by atoms with E-state index in [9.17, 15) is 9.90 Å². The van der Waals surface area contributed by atoms with E-state index < -0.39 is 11.5 Å². The molecule has 0 amide bonds. The number of aliphatic carboxylic acids is 1. The molecule has 0 heterocycles. The van der Waals surface area contributed by atoms with E-state index in [4.69, 9.17) is 9.47 Å². The molecule has 1 fully saturated rings. The average molecular weight is 301 g/mol. The van der Waals surface area contributed by atoms with E-state index in [0.717, 1.165) is 45.3 Å². The minimum Gasteiger partial charge on any atom is -0.480 e. The lowest BCUT2D eigenvalue weighted by atomic mass is 9.80. The molecule has 0 aliphatic heterocycles. The molecule has 0 aromatic heterocycles. The van der Waals surface area contributed by atoms with Crippen molar-refractivity contribution in [1.29, 1.82) is 0 Å². The lowest BCUT2D eigenvalue weighted by molar-refractivity contribution is -0.149. The highest BCUT2D eigenvalue weighted by Gasteiger charge is 2.42. The molecule has 1 aliphatic carbocycles. The van der Waals surface area contributed by atoms with E-state index in [-0.39, 0.29) is 6.10 Å².